The van der Waals surface area contributed by atoms with Gasteiger partial charge in [-0.2, -0.15) is 0 Å². The van der Waals surface area contributed by atoms with Crippen molar-refractivity contribution in [3.63, 3.8) is 0 Å². The van der Waals surface area contributed by atoms with E-state index in [-0.39, 0.29) is 0 Å². The average molecular weight is 303 g/mol. The molecule has 0 atom stereocenters. The first-order valence-electron chi connectivity index (χ1n) is 5.72. The topological polar surface area (TPSA) is 16.1 Å². The third-order valence-corrected chi connectivity index (χ3v) is 3.35. The zero-order valence-electron chi connectivity index (χ0n) is 10.5. The summed E-state index contributed by atoms with van der Waals surface area (Å²) < 4.78 is 1.06. The molecule has 0 N–H and O–H groups in total. The molecule has 0 aliphatic carbocycles. The summed E-state index contributed by atoms with van der Waals surface area (Å²) in [6.45, 7) is 0. The van der Waals surface area contributed by atoms with Crippen LogP contribution in [0.3, 0.4) is 0 Å². The molecule has 0 bridgehead atoms. The third-order valence-electron chi connectivity index (χ3n) is 2.66. The van der Waals surface area contributed by atoms with E-state index < -0.39 is 0 Å². The number of hydrogen-bond acceptors (Lipinski definition) is 2. The van der Waals surface area contributed by atoms with Crippen LogP contribution in [0, 0.1) is 0 Å². The van der Waals surface area contributed by atoms with Crippen LogP contribution in [0.5, 0.6) is 0 Å². The van der Waals surface area contributed by atoms with Crippen LogP contribution in [-0.2, 0) is 0 Å². The first-order chi connectivity index (χ1) is 8.66. The Kier molecular flexibility index (Phi) is 4.15. The lowest BCUT2D eigenvalue weighted by atomic mass is 10.1. The highest BCUT2D eigenvalue weighted by Gasteiger charge is 1.98. The summed E-state index contributed by atoms with van der Waals surface area (Å²) in [5, 5.41) is 0. The molecule has 0 aliphatic rings. The fraction of sp³-hybridized carbons (Fsp3) is 0.133. The second-order valence-electron chi connectivity index (χ2n) is 4.21. The molecule has 0 unspecified atom stereocenters. The lowest BCUT2D eigenvalue weighted by molar-refractivity contribution is 1.13. The minimum Gasteiger partial charge on any atom is -0.378 e. The minimum atomic E-state index is 1.06. The smallest absolute Gasteiger partial charge is 0.0361 e. The number of rotatable bonds is 3. The summed E-state index contributed by atoms with van der Waals surface area (Å²) in [7, 11) is 4.08. The number of aromatic nitrogens is 1. The van der Waals surface area contributed by atoms with Crippen LogP contribution < -0.4 is 4.90 Å². The Labute approximate surface area is 116 Å². The highest BCUT2D eigenvalue weighted by molar-refractivity contribution is 9.15. The normalized spacial score (nSPS) is 11.4. The van der Waals surface area contributed by atoms with Crippen LogP contribution in [-0.4, -0.2) is 19.1 Å². The summed E-state index contributed by atoms with van der Waals surface area (Å²) in [4.78, 5) is 6.10. The number of anilines is 1. The zero-order valence-corrected chi connectivity index (χ0v) is 12.1. The molecule has 18 heavy (non-hydrogen) atoms. The quantitative estimate of drug-likeness (QED) is 0.850. The van der Waals surface area contributed by atoms with Crippen molar-refractivity contribution < 1.29 is 0 Å². The van der Waals surface area contributed by atoms with Gasteiger partial charge in [-0.1, -0.05) is 28.1 Å². The van der Waals surface area contributed by atoms with E-state index in [9.17, 15) is 0 Å². The molecule has 2 rings (SSSR count). The molecule has 0 fully saturated rings. The Hall–Kier alpha value is -1.61. The predicted octanol–water partition coefficient (Wildman–Crippen LogP) is 4.04. The lowest BCUT2D eigenvalue weighted by Gasteiger charge is -2.11. The maximum absolute atomic E-state index is 4.01. The van der Waals surface area contributed by atoms with Crippen molar-refractivity contribution in [1.29, 1.82) is 0 Å². The van der Waals surface area contributed by atoms with Gasteiger partial charge in [0.15, 0.2) is 0 Å². The van der Waals surface area contributed by atoms with Gasteiger partial charge in [0.1, 0.15) is 0 Å². The van der Waals surface area contributed by atoms with Crippen molar-refractivity contribution >= 4 is 32.2 Å². The van der Waals surface area contributed by atoms with Crippen molar-refractivity contribution in [2.45, 2.75) is 0 Å². The van der Waals surface area contributed by atoms with E-state index >= 15 is 0 Å². The van der Waals surface area contributed by atoms with E-state index in [4.69, 9.17) is 0 Å². The zero-order chi connectivity index (χ0) is 13.0. The molecule has 1 heterocycles. The molecule has 0 saturated heterocycles. The molecule has 1 aromatic carbocycles. The molecule has 1 aromatic heterocycles. The Morgan fingerprint density at radius 1 is 1.06 bits per heavy atom. The maximum Gasteiger partial charge on any atom is 0.0361 e. The van der Waals surface area contributed by atoms with Gasteiger partial charge < -0.3 is 4.90 Å². The number of hydrogen-bond donors (Lipinski definition) is 0. The van der Waals surface area contributed by atoms with Crippen molar-refractivity contribution in [2.75, 3.05) is 19.0 Å². The summed E-state index contributed by atoms with van der Waals surface area (Å²) in [6, 6.07) is 12.4. The molecule has 0 aliphatic heterocycles. The van der Waals surface area contributed by atoms with Gasteiger partial charge in [-0.3, -0.25) is 4.98 Å². The van der Waals surface area contributed by atoms with Crippen molar-refractivity contribution in [3.8, 4) is 0 Å². The first kappa shape index (κ1) is 12.8. The number of halogens is 1. The molecule has 92 valence electrons. The van der Waals surface area contributed by atoms with E-state index in [2.05, 4.69) is 56.2 Å². The summed E-state index contributed by atoms with van der Waals surface area (Å²) in [5.74, 6) is 0. The van der Waals surface area contributed by atoms with Gasteiger partial charge in [0.25, 0.3) is 0 Å². The Bertz CT molecular complexity index is 530. The van der Waals surface area contributed by atoms with Crippen molar-refractivity contribution in [2.24, 2.45) is 0 Å². The largest absolute Gasteiger partial charge is 0.378 e. The molecular formula is C15H15BrN2. The van der Waals surface area contributed by atoms with E-state index in [1.165, 1.54) is 11.3 Å². The highest BCUT2D eigenvalue weighted by atomic mass is 79.9. The molecule has 0 spiro atoms. The molecular weight excluding hydrogens is 288 g/mol. The van der Waals surface area contributed by atoms with E-state index in [1.54, 1.807) is 12.4 Å². The first-order valence-corrected chi connectivity index (χ1v) is 6.51. The summed E-state index contributed by atoms with van der Waals surface area (Å²) >= 11 is 3.59. The van der Waals surface area contributed by atoms with E-state index in [1.807, 2.05) is 26.2 Å². The highest BCUT2D eigenvalue weighted by Crippen LogP contribution is 2.24. The van der Waals surface area contributed by atoms with Gasteiger partial charge in [0.05, 0.1) is 0 Å². The standard InChI is InChI=1S/C15H15BrN2/c1-18(2)14-5-3-12(4-6-14)11-15(16)13-7-9-17-10-8-13/h3-11H,1-2H3. The summed E-state index contributed by atoms with van der Waals surface area (Å²) in [5.41, 5.74) is 3.50. The van der Waals surface area contributed by atoms with Gasteiger partial charge in [0.2, 0.25) is 0 Å². The van der Waals surface area contributed by atoms with Gasteiger partial charge in [-0.05, 0) is 41.5 Å². The Morgan fingerprint density at radius 2 is 1.67 bits per heavy atom. The molecule has 2 aromatic rings. The molecule has 2 nitrogen and oxygen atoms in total. The molecule has 0 amide bonds. The van der Waals surface area contributed by atoms with Gasteiger partial charge >= 0.3 is 0 Å². The van der Waals surface area contributed by atoms with Crippen LogP contribution in [0.4, 0.5) is 5.69 Å². The van der Waals surface area contributed by atoms with Gasteiger partial charge in [-0.15, -0.1) is 0 Å². The monoisotopic (exact) mass is 302 g/mol. The summed E-state index contributed by atoms with van der Waals surface area (Å²) in [6.07, 6.45) is 5.69. The second-order valence-corrected chi connectivity index (χ2v) is 5.07. The SMILES string of the molecule is CN(C)c1ccc(C=C(Br)c2ccncc2)cc1. The maximum atomic E-state index is 4.01. The Morgan fingerprint density at radius 3 is 2.22 bits per heavy atom. The molecule has 0 saturated carbocycles. The van der Waals surface area contributed by atoms with Crippen LogP contribution in [0.2, 0.25) is 0 Å². The third kappa shape index (κ3) is 3.20. The van der Waals surface area contributed by atoms with E-state index in [0.29, 0.717) is 0 Å². The van der Waals surface area contributed by atoms with Crippen LogP contribution >= 0.6 is 15.9 Å². The predicted molar refractivity (Wildman–Crippen MR) is 81.8 cm³/mol. The van der Waals surface area contributed by atoms with Gasteiger partial charge in [0, 0.05) is 36.7 Å². The minimum absolute atomic E-state index is 1.06. The lowest BCUT2D eigenvalue weighted by Crippen LogP contribution is -2.07. The van der Waals surface area contributed by atoms with Crippen LogP contribution in [0.15, 0.2) is 48.8 Å². The van der Waals surface area contributed by atoms with E-state index in [0.717, 1.165) is 10.0 Å². The fourth-order valence-corrected chi connectivity index (χ4v) is 2.14. The average Bonchev–Trinajstić information content (AvgIpc) is 2.40. The van der Waals surface area contributed by atoms with Crippen LogP contribution in [0.1, 0.15) is 11.1 Å². The molecule has 0 radical (unpaired) electrons. The Balaban J connectivity index is 2.23. The van der Waals surface area contributed by atoms with Crippen molar-refractivity contribution in [1.82, 2.24) is 4.98 Å². The second kappa shape index (κ2) is 5.83. The fourth-order valence-electron chi connectivity index (χ4n) is 1.61. The number of benzene rings is 1. The number of pyridine rings is 1. The molecule has 3 heteroatoms. The van der Waals surface area contributed by atoms with Crippen LogP contribution in [0.25, 0.3) is 10.6 Å². The number of nitrogens with zero attached hydrogens (tertiary/aromatic N) is 2. The van der Waals surface area contributed by atoms with Gasteiger partial charge in [-0.25, -0.2) is 0 Å². The van der Waals surface area contributed by atoms with Crippen molar-refractivity contribution in [3.05, 3.63) is 59.9 Å².